The lowest BCUT2D eigenvalue weighted by Gasteiger charge is -2.30. The molecule has 3 N–H and O–H groups in total. The number of nitrogens with one attached hydrogen (secondary N) is 3. The second-order valence-electron chi connectivity index (χ2n) is 8.59. The van der Waals surface area contributed by atoms with E-state index >= 15 is 0 Å². The largest absolute Gasteiger partial charge is 0.382 e. The summed E-state index contributed by atoms with van der Waals surface area (Å²) in [4.78, 5) is 39.0. The highest BCUT2D eigenvalue weighted by atomic mass is 35.5. The van der Waals surface area contributed by atoms with Gasteiger partial charge in [-0.3, -0.25) is 24.7 Å². The Morgan fingerprint density at radius 1 is 1.03 bits per heavy atom. The van der Waals surface area contributed by atoms with E-state index < -0.39 is 4.92 Å². The molecular formula is C25H26ClN5O4. The third-order valence-corrected chi connectivity index (χ3v) is 6.37. The smallest absolute Gasteiger partial charge is 0.269 e. The van der Waals surface area contributed by atoms with Crippen LogP contribution in [0.2, 0.25) is 5.02 Å². The highest BCUT2D eigenvalue weighted by Crippen LogP contribution is 2.28. The van der Waals surface area contributed by atoms with Crippen molar-refractivity contribution >= 4 is 45.7 Å². The molecule has 1 heterocycles. The highest BCUT2D eigenvalue weighted by molar-refractivity contribution is 6.31. The van der Waals surface area contributed by atoms with Gasteiger partial charge in [0, 0.05) is 65.0 Å². The summed E-state index contributed by atoms with van der Waals surface area (Å²) in [5, 5.41) is 21.7. The van der Waals surface area contributed by atoms with Gasteiger partial charge in [-0.05, 0) is 62.1 Å². The van der Waals surface area contributed by atoms with Gasteiger partial charge in [-0.1, -0.05) is 11.6 Å². The normalized spacial score (nSPS) is 17.5. The van der Waals surface area contributed by atoms with Crippen molar-refractivity contribution in [3.8, 4) is 0 Å². The van der Waals surface area contributed by atoms with Crippen LogP contribution in [0.4, 0.5) is 11.4 Å². The van der Waals surface area contributed by atoms with Crippen LogP contribution in [0.1, 0.15) is 42.5 Å². The maximum Gasteiger partial charge on any atom is 0.269 e. The zero-order valence-electron chi connectivity index (χ0n) is 19.0. The first-order chi connectivity index (χ1) is 16.9. The van der Waals surface area contributed by atoms with Gasteiger partial charge in [0.05, 0.1) is 10.4 Å². The van der Waals surface area contributed by atoms with Crippen molar-refractivity contribution < 1.29 is 14.5 Å². The van der Waals surface area contributed by atoms with Crippen molar-refractivity contribution in [1.29, 1.82) is 0 Å². The number of rotatable bonds is 8. The van der Waals surface area contributed by atoms with E-state index in [-0.39, 0.29) is 36.5 Å². The summed E-state index contributed by atoms with van der Waals surface area (Å²) < 4.78 is 0. The van der Waals surface area contributed by atoms with Gasteiger partial charge in [-0.2, -0.15) is 0 Å². The number of halogens is 1. The second kappa shape index (κ2) is 11.1. The number of carbonyl (C=O) groups excluding carboxylic acids is 2. The predicted octanol–water partition coefficient (Wildman–Crippen LogP) is 4.46. The molecule has 1 fully saturated rings. The maximum atomic E-state index is 12.3. The Balaban J connectivity index is 1.18. The molecule has 1 aromatic heterocycles. The third kappa shape index (κ3) is 6.45. The molecular weight excluding hydrogens is 470 g/mol. The molecule has 0 aliphatic heterocycles. The first-order valence-corrected chi connectivity index (χ1v) is 11.9. The van der Waals surface area contributed by atoms with E-state index in [1.165, 1.54) is 24.3 Å². The zero-order valence-corrected chi connectivity index (χ0v) is 19.8. The first-order valence-electron chi connectivity index (χ1n) is 11.5. The van der Waals surface area contributed by atoms with Crippen molar-refractivity contribution in [2.24, 2.45) is 0 Å². The number of anilines is 1. The number of hydrogen-bond acceptors (Lipinski definition) is 6. The number of nitro benzene ring substituents is 1. The number of amides is 2. The minimum atomic E-state index is -0.521. The number of fused-ring (bicyclic) bond motifs is 1. The Bertz CT molecular complexity index is 1230. The number of non-ortho nitro benzene ring substituents is 1. The molecule has 182 valence electrons. The molecule has 0 bridgehead atoms. The summed E-state index contributed by atoms with van der Waals surface area (Å²) in [6.07, 6.45) is 5.54. The fraction of sp³-hybridized carbons (Fsp3) is 0.320. The van der Waals surface area contributed by atoms with Crippen LogP contribution >= 0.6 is 11.6 Å². The Kier molecular flexibility index (Phi) is 7.77. The summed E-state index contributed by atoms with van der Waals surface area (Å²) in [6.45, 7) is 0.192. The molecule has 1 saturated carbocycles. The summed E-state index contributed by atoms with van der Waals surface area (Å²) in [7, 11) is 0. The van der Waals surface area contributed by atoms with Crippen LogP contribution in [-0.2, 0) is 4.79 Å². The molecule has 0 saturated heterocycles. The summed E-state index contributed by atoms with van der Waals surface area (Å²) in [5.41, 5.74) is 2.11. The minimum Gasteiger partial charge on any atom is -0.382 e. The van der Waals surface area contributed by atoms with E-state index in [1.807, 2.05) is 24.3 Å². The van der Waals surface area contributed by atoms with Gasteiger partial charge in [0.25, 0.3) is 11.6 Å². The minimum absolute atomic E-state index is 0.0788. The molecule has 1 aliphatic carbocycles. The standard InChI is InChI=1S/C25H26ClN5O4/c26-17-3-10-21-22(11-13-27-23(21)15-17)29-18-4-6-19(7-5-18)30-24(32)12-14-28-25(33)16-1-8-20(9-2-16)31(34)35/h1-3,8-11,13,15,18-19H,4-7,12,14H2,(H,27,29)(H,28,33)(H,30,32). The van der Waals surface area contributed by atoms with Crippen molar-refractivity contribution in [2.45, 2.75) is 44.2 Å². The number of carbonyl (C=O) groups is 2. The Morgan fingerprint density at radius 2 is 1.74 bits per heavy atom. The monoisotopic (exact) mass is 495 g/mol. The van der Waals surface area contributed by atoms with Crippen molar-refractivity contribution in [1.82, 2.24) is 15.6 Å². The van der Waals surface area contributed by atoms with Gasteiger partial charge < -0.3 is 16.0 Å². The van der Waals surface area contributed by atoms with Gasteiger partial charge in [0.1, 0.15) is 0 Å². The maximum absolute atomic E-state index is 12.3. The van der Waals surface area contributed by atoms with Crippen molar-refractivity contribution in [3.63, 3.8) is 0 Å². The number of aromatic nitrogens is 1. The molecule has 2 amide bonds. The fourth-order valence-electron chi connectivity index (χ4n) is 4.28. The van der Waals surface area contributed by atoms with Crippen LogP contribution < -0.4 is 16.0 Å². The van der Waals surface area contributed by atoms with Gasteiger partial charge in [-0.25, -0.2) is 0 Å². The second-order valence-corrected chi connectivity index (χ2v) is 9.03. The molecule has 0 spiro atoms. The zero-order chi connectivity index (χ0) is 24.8. The van der Waals surface area contributed by atoms with Gasteiger partial charge in [-0.15, -0.1) is 0 Å². The summed E-state index contributed by atoms with van der Waals surface area (Å²) in [6, 6.07) is 13.4. The molecule has 10 heteroatoms. The molecule has 3 aromatic rings. The average molecular weight is 496 g/mol. The van der Waals surface area contributed by atoms with Crippen LogP contribution in [-0.4, -0.2) is 40.4 Å². The van der Waals surface area contributed by atoms with Crippen LogP contribution in [0.15, 0.2) is 54.7 Å². The average Bonchev–Trinajstić information content (AvgIpc) is 2.85. The number of pyridine rings is 1. The molecule has 0 unspecified atom stereocenters. The van der Waals surface area contributed by atoms with E-state index in [0.717, 1.165) is 42.3 Å². The Labute approximate surface area is 207 Å². The molecule has 0 atom stereocenters. The van der Waals surface area contributed by atoms with E-state index in [0.29, 0.717) is 16.6 Å². The van der Waals surface area contributed by atoms with Crippen molar-refractivity contribution in [3.05, 3.63) is 75.4 Å². The quantitative estimate of drug-likeness (QED) is 0.313. The highest BCUT2D eigenvalue weighted by Gasteiger charge is 2.23. The summed E-state index contributed by atoms with van der Waals surface area (Å²) >= 11 is 6.07. The van der Waals surface area contributed by atoms with Crippen molar-refractivity contribution in [2.75, 3.05) is 11.9 Å². The predicted molar refractivity (Wildman–Crippen MR) is 135 cm³/mol. The van der Waals surface area contributed by atoms with Crippen LogP contribution in [0.3, 0.4) is 0 Å². The molecule has 4 rings (SSSR count). The SMILES string of the molecule is O=C(CCNC(=O)c1ccc([N+](=O)[O-])cc1)NC1CCC(Nc2ccnc3cc(Cl)ccc23)CC1. The molecule has 9 nitrogen and oxygen atoms in total. The Morgan fingerprint density at radius 3 is 2.46 bits per heavy atom. The van der Waals surface area contributed by atoms with Gasteiger partial charge >= 0.3 is 0 Å². The lowest BCUT2D eigenvalue weighted by atomic mass is 9.90. The number of benzene rings is 2. The lowest BCUT2D eigenvalue weighted by molar-refractivity contribution is -0.384. The topological polar surface area (TPSA) is 126 Å². The fourth-order valence-corrected chi connectivity index (χ4v) is 4.44. The third-order valence-electron chi connectivity index (χ3n) is 6.13. The van der Waals surface area contributed by atoms with E-state index in [4.69, 9.17) is 11.6 Å². The molecule has 1 aliphatic rings. The molecule has 35 heavy (non-hydrogen) atoms. The number of nitrogens with zero attached hydrogens (tertiary/aromatic N) is 2. The van der Waals surface area contributed by atoms with E-state index in [1.54, 1.807) is 6.20 Å². The van der Waals surface area contributed by atoms with Gasteiger partial charge in [0.15, 0.2) is 0 Å². The Hall–Kier alpha value is -3.72. The summed E-state index contributed by atoms with van der Waals surface area (Å²) in [5.74, 6) is -0.479. The van der Waals surface area contributed by atoms with Crippen LogP contribution in [0.5, 0.6) is 0 Å². The number of nitro groups is 1. The van der Waals surface area contributed by atoms with Crippen LogP contribution in [0.25, 0.3) is 10.9 Å². The van der Waals surface area contributed by atoms with E-state index in [9.17, 15) is 19.7 Å². The molecule has 2 aromatic carbocycles. The number of hydrogen-bond donors (Lipinski definition) is 3. The lowest BCUT2D eigenvalue weighted by Crippen LogP contribution is -2.41. The molecule has 0 radical (unpaired) electrons. The first kappa shape index (κ1) is 24.4. The van der Waals surface area contributed by atoms with E-state index in [2.05, 4.69) is 20.9 Å². The van der Waals surface area contributed by atoms with Gasteiger partial charge in [0.2, 0.25) is 5.91 Å². The van der Waals surface area contributed by atoms with Crippen LogP contribution in [0, 0.1) is 10.1 Å².